The average molecular weight is 270 g/mol. The van der Waals surface area contributed by atoms with Crippen LogP contribution in [0.15, 0.2) is 18.2 Å². The molecule has 0 saturated heterocycles. The van der Waals surface area contributed by atoms with E-state index in [-0.39, 0.29) is 18.9 Å². The van der Waals surface area contributed by atoms with Gasteiger partial charge in [0.15, 0.2) is 0 Å². The second-order valence-corrected chi connectivity index (χ2v) is 4.73. The van der Waals surface area contributed by atoms with Gasteiger partial charge in [-0.15, -0.1) is 0 Å². The molecule has 98 valence electrons. The Kier molecular flexibility index (Phi) is 5.16. The zero-order valence-corrected chi connectivity index (χ0v) is 11.1. The summed E-state index contributed by atoms with van der Waals surface area (Å²) in [7, 11) is 0. The van der Waals surface area contributed by atoms with Crippen LogP contribution in [-0.4, -0.2) is 23.5 Å². The number of aryl methyl sites for hydroxylation is 1. The van der Waals surface area contributed by atoms with Crippen LogP contribution in [0.1, 0.15) is 18.1 Å². The van der Waals surface area contributed by atoms with E-state index in [9.17, 15) is 9.59 Å². The molecule has 1 atom stereocenters. The van der Waals surface area contributed by atoms with E-state index in [1.807, 2.05) is 6.92 Å². The van der Waals surface area contributed by atoms with Gasteiger partial charge in [0.05, 0.1) is 12.3 Å². The van der Waals surface area contributed by atoms with Gasteiger partial charge in [-0.25, -0.2) is 0 Å². The van der Waals surface area contributed by atoms with E-state index in [1.54, 1.807) is 25.1 Å². The SMILES string of the molecule is Cc1cc(Cl)ccc1CC(=O)NCC(C)C(=O)O. The number of hydrogen-bond donors (Lipinski definition) is 2. The number of carboxylic acid groups (broad SMARTS) is 1. The van der Waals surface area contributed by atoms with E-state index in [2.05, 4.69) is 5.32 Å². The lowest BCUT2D eigenvalue weighted by molar-refractivity contribution is -0.141. The molecule has 0 aliphatic heterocycles. The summed E-state index contributed by atoms with van der Waals surface area (Å²) in [6, 6.07) is 5.33. The molecule has 1 aromatic rings. The van der Waals surface area contributed by atoms with E-state index in [0.29, 0.717) is 5.02 Å². The van der Waals surface area contributed by atoms with E-state index in [4.69, 9.17) is 16.7 Å². The normalized spacial score (nSPS) is 11.9. The standard InChI is InChI=1S/C13H16ClNO3/c1-8-5-11(14)4-3-10(8)6-12(16)15-7-9(2)13(17)18/h3-5,9H,6-7H2,1-2H3,(H,15,16)(H,17,18). The number of halogens is 1. The molecule has 2 N–H and O–H groups in total. The Morgan fingerprint density at radius 3 is 2.67 bits per heavy atom. The second kappa shape index (κ2) is 6.40. The maximum Gasteiger partial charge on any atom is 0.308 e. The van der Waals surface area contributed by atoms with Crippen molar-refractivity contribution in [1.82, 2.24) is 5.32 Å². The van der Waals surface area contributed by atoms with Crippen LogP contribution < -0.4 is 5.32 Å². The molecule has 0 spiro atoms. The van der Waals surface area contributed by atoms with Crippen molar-refractivity contribution in [3.05, 3.63) is 34.3 Å². The lowest BCUT2D eigenvalue weighted by atomic mass is 10.1. The molecule has 4 nitrogen and oxygen atoms in total. The number of amides is 1. The van der Waals surface area contributed by atoms with E-state index in [0.717, 1.165) is 11.1 Å². The smallest absolute Gasteiger partial charge is 0.308 e. The van der Waals surface area contributed by atoms with Crippen molar-refractivity contribution in [3.8, 4) is 0 Å². The Bertz CT molecular complexity index is 460. The fourth-order valence-electron chi connectivity index (χ4n) is 1.45. The molecular formula is C13H16ClNO3. The van der Waals surface area contributed by atoms with Crippen molar-refractivity contribution >= 4 is 23.5 Å². The van der Waals surface area contributed by atoms with Crippen LogP contribution in [0.25, 0.3) is 0 Å². The molecule has 1 aromatic carbocycles. The van der Waals surface area contributed by atoms with Crippen LogP contribution >= 0.6 is 11.6 Å². The third kappa shape index (κ3) is 4.37. The molecule has 0 aliphatic rings. The maximum atomic E-state index is 11.6. The van der Waals surface area contributed by atoms with Gasteiger partial charge in [0.25, 0.3) is 0 Å². The van der Waals surface area contributed by atoms with Crippen molar-refractivity contribution in [2.45, 2.75) is 20.3 Å². The molecule has 1 rings (SSSR count). The zero-order chi connectivity index (χ0) is 13.7. The van der Waals surface area contributed by atoms with Crippen LogP contribution in [0.3, 0.4) is 0 Å². The fourth-order valence-corrected chi connectivity index (χ4v) is 1.67. The summed E-state index contributed by atoms with van der Waals surface area (Å²) in [4.78, 5) is 22.2. The monoisotopic (exact) mass is 269 g/mol. The third-order valence-electron chi connectivity index (χ3n) is 2.68. The van der Waals surface area contributed by atoms with Crippen molar-refractivity contribution < 1.29 is 14.7 Å². The number of carboxylic acids is 1. The highest BCUT2D eigenvalue weighted by molar-refractivity contribution is 6.30. The first kappa shape index (κ1) is 14.5. The molecule has 0 bridgehead atoms. The van der Waals surface area contributed by atoms with Crippen LogP contribution in [0.2, 0.25) is 5.02 Å². The lowest BCUT2D eigenvalue weighted by Crippen LogP contribution is -2.32. The average Bonchev–Trinajstić information content (AvgIpc) is 2.29. The summed E-state index contributed by atoms with van der Waals surface area (Å²) in [5.41, 5.74) is 1.84. The van der Waals surface area contributed by atoms with Crippen molar-refractivity contribution in [1.29, 1.82) is 0 Å². The molecular weight excluding hydrogens is 254 g/mol. The maximum absolute atomic E-state index is 11.6. The number of carbonyl (C=O) groups is 2. The number of aliphatic carboxylic acids is 1. The van der Waals surface area contributed by atoms with Gasteiger partial charge in [-0.1, -0.05) is 24.6 Å². The number of benzene rings is 1. The van der Waals surface area contributed by atoms with Crippen LogP contribution in [0.4, 0.5) is 0 Å². The van der Waals surface area contributed by atoms with Gasteiger partial charge in [-0.2, -0.15) is 0 Å². The molecule has 0 heterocycles. The first-order valence-electron chi connectivity index (χ1n) is 5.64. The number of hydrogen-bond acceptors (Lipinski definition) is 2. The van der Waals surface area contributed by atoms with Gasteiger partial charge in [-0.3, -0.25) is 9.59 Å². The lowest BCUT2D eigenvalue weighted by Gasteiger charge is -2.09. The minimum atomic E-state index is -0.919. The Balaban J connectivity index is 2.52. The molecule has 0 radical (unpaired) electrons. The highest BCUT2D eigenvalue weighted by Gasteiger charge is 2.12. The minimum Gasteiger partial charge on any atom is -0.481 e. The molecule has 18 heavy (non-hydrogen) atoms. The summed E-state index contributed by atoms with van der Waals surface area (Å²) in [5.74, 6) is -1.69. The minimum absolute atomic E-state index is 0.140. The van der Waals surface area contributed by atoms with E-state index < -0.39 is 11.9 Å². The highest BCUT2D eigenvalue weighted by atomic mass is 35.5. The van der Waals surface area contributed by atoms with Crippen LogP contribution in [0, 0.1) is 12.8 Å². The molecule has 0 aromatic heterocycles. The molecule has 0 aliphatic carbocycles. The highest BCUT2D eigenvalue weighted by Crippen LogP contribution is 2.15. The van der Waals surface area contributed by atoms with Crippen LogP contribution in [0.5, 0.6) is 0 Å². The fraction of sp³-hybridized carbons (Fsp3) is 0.385. The Morgan fingerprint density at radius 2 is 2.11 bits per heavy atom. The van der Waals surface area contributed by atoms with Gasteiger partial charge in [0.2, 0.25) is 5.91 Å². The van der Waals surface area contributed by atoms with Gasteiger partial charge in [0, 0.05) is 11.6 Å². The molecule has 1 amide bonds. The Hall–Kier alpha value is -1.55. The molecule has 1 unspecified atom stereocenters. The quantitative estimate of drug-likeness (QED) is 0.859. The summed E-state index contributed by atoms with van der Waals surface area (Å²) in [6.45, 7) is 3.57. The molecule has 0 fully saturated rings. The van der Waals surface area contributed by atoms with Gasteiger partial charge >= 0.3 is 5.97 Å². The van der Waals surface area contributed by atoms with Gasteiger partial charge < -0.3 is 10.4 Å². The van der Waals surface area contributed by atoms with Crippen molar-refractivity contribution in [2.75, 3.05) is 6.54 Å². The summed E-state index contributed by atoms with van der Waals surface area (Å²) in [5, 5.41) is 11.9. The summed E-state index contributed by atoms with van der Waals surface area (Å²) < 4.78 is 0. The summed E-state index contributed by atoms with van der Waals surface area (Å²) >= 11 is 5.83. The Morgan fingerprint density at radius 1 is 1.44 bits per heavy atom. The predicted octanol–water partition coefficient (Wildman–Crippen LogP) is 2.03. The van der Waals surface area contributed by atoms with E-state index in [1.165, 1.54) is 0 Å². The molecule has 5 heteroatoms. The van der Waals surface area contributed by atoms with Gasteiger partial charge in [-0.05, 0) is 30.2 Å². The van der Waals surface area contributed by atoms with E-state index >= 15 is 0 Å². The molecule has 0 saturated carbocycles. The second-order valence-electron chi connectivity index (χ2n) is 4.29. The largest absolute Gasteiger partial charge is 0.481 e. The predicted molar refractivity (Wildman–Crippen MR) is 69.7 cm³/mol. The number of nitrogens with one attached hydrogen (secondary N) is 1. The van der Waals surface area contributed by atoms with Crippen molar-refractivity contribution in [3.63, 3.8) is 0 Å². The first-order chi connectivity index (χ1) is 8.40. The topological polar surface area (TPSA) is 66.4 Å². The van der Waals surface area contributed by atoms with Crippen LogP contribution in [-0.2, 0) is 16.0 Å². The Labute approximate surface area is 111 Å². The zero-order valence-electron chi connectivity index (χ0n) is 10.4. The van der Waals surface area contributed by atoms with Crippen molar-refractivity contribution in [2.24, 2.45) is 5.92 Å². The number of carbonyl (C=O) groups excluding carboxylic acids is 1. The number of rotatable bonds is 5. The van der Waals surface area contributed by atoms with Gasteiger partial charge in [0.1, 0.15) is 0 Å². The first-order valence-corrected chi connectivity index (χ1v) is 6.02. The summed E-state index contributed by atoms with van der Waals surface area (Å²) in [6.07, 6.45) is 0.231. The third-order valence-corrected chi connectivity index (χ3v) is 2.92.